The highest BCUT2D eigenvalue weighted by molar-refractivity contribution is 9.10. The Morgan fingerprint density at radius 3 is 2.93 bits per heavy atom. The molecule has 2 aromatic heterocycles. The monoisotopic (exact) mass is 281 g/mol. The Balaban J connectivity index is 2.15. The number of halogens is 1. The van der Waals surface area contributed by atoms with E-state index in [4.69, 9.17) is 0 Å². The molecule has 0 unspecified atom stereocenters. The number of carbonyl (C=O) groups excluding carboxylic acids is 1. The fourth-order valence-corrected chi connectivity index (χ4v) is 2.78. The van der Waals surface area contributed by atoms with Crippen molar-refractivity contribution >= 4 is 33.0 Å². The minimum Gasteiger partial charge on any atom is -0.294 e. The zero-order valence-electron chi connectivity index (χ0n) is 7.81. The summed E-state index contributed by atoms with van der Waals surface area (Å²) >= 11 is 4.88. The summed E-state index contributed by atoms with van der Waals surface area (Å²) in [6.45, 7) is 0. The van der Waals surface area contributed by atoms with Crippen LogP contribution in [0.3, 0.4) is 0 Å². The summed E-state index contributed by atoms with van der Waals surface area (Å²) < 4.78 is 0.876. The van der Waals surface area contributed by atoms with Gasteiger partial charge in [-0.3, -0.25) is 9.78 Å². The van der Waals surface area contributed by atoms with Gasteiger partial charge in [0.25, 0.3) is 0 Å². The van der Waals surface area contributed by atoms with E-state index in [0.717, 1.165) is 15.6 Å². The van der Waals surface area contributed by atoms with Crippen LogP contribution in [0.15, 0.2) is 39.8 Å². The molecule has 0 aliphatic carbocycles. The first-order valence-electron chi connectivity index (χ1n) is 4.41. The Morgan fingerprint density at radius 2 is 2.33 bits per heavy atom. The normalized spacial score (nSPS) is 10.2. The van der Waals surface area contributed by atoms with Gasteiger partial charge in [0.1, 0.15) is 0 Å². The van der Waals surface area contributed by atoms with Gasteiger partial charge in [0.05, 0.1) is 0 Å². The van der Waals surface area contributed by atoms with Gasteiger partial charge in [-0.2, -0.15) is 11.3 Å². The van der Waals surface area contributed by atoms with E-state index in [1.54, 1.807) is 12.4 Å². The van der Waals surface area contributed by atoms with E-state index in [-0.39, 0.29) is 5.78 Å². The summed E-state index contributed by atoms with van der Waals surface area (Å²) in [5.41, 5.74) is 1.70. The van der Waals surface area contributed by atoms with Gasteiger partial charge in [-0.1, -0.05) is 6.07 Å². The summed E-state index contributed by atoms with van der Waals surface area (Å²) in [7, 11) is 0. The number of aromatic nitrogens is 1. The van der Waals surface area contributed by atoms with E-state index < -0.39 is 0 Å². The van der Waals surface area contributed by atoms with Crippen molar-refractivity contribution in [3.8, 4) is 0 Å². The number of pyridine rings is 1. The maximum atomic E-state index is 11.8. The predicted molar refractivity (Wildman–Crippen MR) is 64.3 cm³/mol. The number of thiophene rings is 1. The van der Waals surface area contributed by atoms with Crippen molar-refractivity contribution in [1.82, 2.24) is 4.98 Å². The smallest absolute Gasteiger partial charge is 0.169 e. The van der Waals surface area contributed by atoms with Crippen LogP contribution in [0, 0.1) is 0 Å². The molecular weight excluding hydrogens is 274 g/mol. The van der Waals surface area contributed by atoms with Crippen LogP contribution in [0.4, 0.5) is 0 Å². The second-order valence-electron chi connectivity index (χ2n) is 3.09. The molecule has 0 N–H and O–H groups in total. The largest absolute Gasteiger partial charge is 0.294 e. The molecule has 0 spiro atoms. The molecule has 15 heavy (non-hydrogen) atoms. The molecule has 2 heterocycles. The molecule has 0 aromatic carbocycles. The number of hydrogen-bond donors (Lipinski definition) is 0. The molecule has 2 aromatic rings. The average Bonchev–Trinajstić information content (AvgIpc) is 2.66. The highest BCUT2D eigenvalue weighted by atomic mass is 79.9. The third-order valence-electron chi connectivity index (χ3n) is 2.00. The lowest BCUT2D eigenvalue weighted by Gasteiger charge is -1.99. The van der Waals surface area contributed by atoms with Crippen LogP contribution in [-0.2, 0) is 6.42 Å². The molecule has 2 nitrogen and oxygen atoms in total. The van der Waals surface area contributed by atoms with Gasteiger partial charge < -0.3 is 0 Å². The minimum absolute atomic E-state index is 0.121. The Hall–Kier alpha value is -1.00. The van der Waals surface area contributed by atoms with E-state index in [1.165, 1.54) is 11.3 Å². The summed E-state index contributed by atoms with van der Waals surface area (Å²) in [6.07, 6.45) is 3.83. The van der Waals surface area contributed by atoms with E-state index >= 15 is 0 Å². The van der Waals surface area contributed by atoms with Crippen molar-refractivity contribution in [3.63, 3.8) is 0 Å². The third kappa shape index (κ3) is 2.52. The first-order valence-corrected chi connectivity index (χ1v) is 6.15. The fraction of sp³-hybridized carbons (Fsp3) is 0.0909. The molecule has 0 radical (unpaired) electrons. The Bertz CT molecular complexity index is 466. The van der Waals surface area contributed by atoms with E-state index in [1.807, 2.05) is 22.9 Å². The van der Waals surface area contributed by atoms with Gasteiger partial charge in [0.2, 0.25) is 0 Å². The molecule has 0 saturated carbocycles. The first kappa shape index (κ1) is 10.5. The summed E-state index contributed by atoms with van der Waals surface area (Å²) in [4.78, 5) is 15.8. The fourth-order valence-electron chi connectivity index (χ4n) is 1.26. The van der Waals surface area contributed by atoms with Crippen LogP contribution in [0.1, 0.15) is 15.9 Å². The van der Waals surface area contributed by atoms with Gasteiger partial charge in [-0.15, -0.1) is 0 Å². The number of rotatable bonds is 3. The molecule has 0 aliphatic heterocycles. The molecule has 4 heteroatoms. The van der Waals surface area contributed by atoms with Crippen LogP contribution in [0.25, 0.3) is 0 Å². The van der Waals surface area contributed by atoms with Crippen molar-refractivity contribution in [2.45, 2.75) is 6.42 Å². The van der Waals surface area contributed by atoms with Crippen LogP contribution in [0.5, 0.6) is 0 Å². The number of Topliss-reactive ketones (excluding diaryl/α,β-unsaturated/α-hetero) is 1. The van der Waals surface area contributed by atoms with Crippen molar-refractivity contribution < 1.29 is 4.79 Å². The molecule has 0 fully saturated rings. The van der Waals surface area contributed by atoms with Gasteiger partial charge in [-0.05, 0) is 27.6 Å². The second-order valence-corrected chi connectivity index (χ2v) is 4.69. The van der Waals surface area contributed by atoms with Crippen molar-refractivity contribution in [3.05, 3.63) is 50.9 Å². The highest BCUT2D eigenvalue weighted by Gasteiger charge is 2.11. The predicted octanol–water partition coefficient (Wildman–Crippen LogP) is 3.33. The lowest BCUT2D eigenvalue weighted by Crippen LogP contribution is -2.02. The van der Waals surface area contributed by atoms with E-state index in [2.05, 4.69) is 20.9 Å². The van der Waals surface area contributed by atoms with E-state index in [0.29, 0.717) is 6.42 Å². The standard InChI is InChI=1S/C11H8BrNOS/c12-10-7-15-6-9(10)11(14)4-8-2-1-3-13-5-8/h1-3,5-7H,4H2. The number of ketones is 1. The number of hydrogen-bond acceptors (Lipinski definition) is 3. The lowest BCUT2D eigenvalue weighted by atomic mass is 10.1. The Labute approximate surface area is 100 Å². The zero-order chi connectivity index (χ0) is 10.7. The van der Waals surface area contributed by atoms with Crippen LogP contribution >= 0.6 is 27.3 Å². The second kappa shape index (κ2) is 4.68. The zero-order valence-corrected chi connectivity index (χ0v) is 10.2. The topological polar surface area (TPSA) is 30.0 Å². The van der Waals surface area contributed by atoms with Crippen LogP contribution in [0.2, 0.25) is 0 Å². The Kier molecular flexibility index (Phi) is 3.28. The third-order valence-corrected chi connectivity index (χ3v) is 3.71. The molecule has 0 atom stereocenters. The van der Waals surface area contributed by atoms with Crippen molar-refractivity contribution in [1.29, 1.82) is 0 Å². The van der Waals surface area contributed by atoms with Crippen molar-refractivity contribution in [2.24, 2.45) is 0 Å². The molecule has 76 valence electrons. The van der Waals surface area contributed by atoms with Crippen LogP contribution < -0.4 is 0 Å². The molecule has 0 amide bonds. The highest BCUT2D eigenvalue weighted by Crippen LogP contribution is 2.22. The van der Waals surface area contributed by atoms with Gasteiger partial charge in [0.15, 0.2) is 5.78 Å². The van der Waals surface area contributed by atoms with Crippen LogP contribution in [-0.4, -0.2) is 10.8 Å². The van der Waals surface area contributed by atoms with Gasteiger partial charge in [0, 0.05) is 39.6 Å². The SMILES string of the molecule is O=C(Cc1cccnc1)c1cscc1Br. The number of carbonyl (C=O) groups is 1. The molecular formula is C11H8BrNOS. The Morgan fingerprint density at radius 1 is 1.47 bits per heavy atom. The molecule has 0 aliphatic rings. The van der Waals surface area contributed by atoms with Gasteiger partial charge >= 0.3 is 0 Å². The maximum Gasteiger partial charge on any atom is 0.169 e. The summed E-state index contributed by atoms with van der Waals surface area (Å²) in [6, 6.07) is 3.75. The average molecular weight is 282 g/mol. The van der Waals surface area contributed by atoms with Crippen molar-refractivity contribution in [2.75, 3.05) is 0 Å². The number of nitrogens with zero attached hydrogens (tertiary/aromatic N) is 1. The molecule has 0 bridgehead atoms. The lowest BCUT2D eigenvalue weighted by molar-refractivity contribution is 0.0992. The van der Waals surface area contributed by atoms with E-state index in [9.17, 15) is 4.79 Å². The summed E-state index contributed by atoms with van der Waals surface area (Å²) in [5, 5.41) is 3.78. The minimum atomic E-state index is 0.121. The molecule has 0 saturated heterocycles. The summed E-state index contributed by atoms with van der Waals surface area (Å²) in [5.74, 6) is 0.121. The van der Waals surface area contributed by atoms with Gasteiger partial charge in [-0.25, -0.2) is 0 Å². The maximum absolute atomic E-state index is 11.8. The first-order chi connectivity index (χ1) is 7.27. The molecule has 2 rings (SSSR count). The quantitative estimate of drug-likeness (QED) is 0.808.